The van der Waals surface area contributed by atoms with E-state index >= 15 is 0 Å². The van der Waals surface area contributed by atoms with Crippen LogP contribution in [0.2, 0.25) is 0 Å². The molecular weight excluding hydrogens is 300 g/mol. The Morgan fingerprint density at radius 1 is 1.30 bits per heavy atom. The van der Waals surface area contributed by atoms with E-state index in [4.69, 9.17) is 9.15 Å². The summed E-state index contributed by atoms with van der Waals surface area (Å²) in [6.07, 6.45) is 0.857. The molecule has 7 nitrogen and oxygen atoms in total. The minimum absolute atomic E-state index is 0.297. The zero-order valence-corrected chi connectivity index (χ0v) is 13.2. The first kappa shape index (κ1) is 16.8. The first-order valence-corrected chi connectivity index (χ1v) is 7.48. The van der Waals surface area contributed by atoms with E-state index in [-0.39, 0.29) is 19.1 Å². The van der Waals surface area contributed by atoms with Crippen molar-refractivity contribution in [1.29, 1.82) is 0 Å². The largest absolute Gasteiger partial charge is 0.454 e. The molecule has 0 spiro atoms. The average Bonchev–Trinajstić information content (AvgIpc) is 2.81. The van der Waals surface area contributed by atoms with Crippen molar-refractivity contribution in [3.63, 3.8) is 0 Å². The molecule has 0 aliphatic rings. The fourth-order valence-electron chi connectivity index (χ4n) is 2.04. The highest BCUT2D eigenvalue weighted by Crippen LogP contribution is 2.11. The van der Waals surface area contributed by atoms with Gasteiger partial charge < -0.3 is 14.5 Å². The van der Waals surface area contributed by atoms with Gasteiger partial charge in [-0.2, -0.15) is 0 Å². The molecule has 1 aromatic heterocycles. The SMILES string of the molecule is CC(C)CCNC(=O)COC(=O)Cn1c(=O)oc2ccccc21. The minimum Gasteiger partial charge on any atom is -0.454 e. The number of esters is 1. The lowest BCUT2D eigenvalue weighted by Crippen LogP contribution is -2.31. The Morgan fingerprint density at radius 3 is 2.78 bits per heavy atom. The van der Waals surface area contributed by atoms with Gasteiger partial charge in [-0.15, -0.1) is 0 Å². The third kappa shape index (κ3) is 4.70. The molecule has 0 aliphatic carbocycles. The number of nitrogens with zero attached hydrogens (tertiary/aromatic N) is 1. The molecule has 0 bridgehead atoms. The second kappa shape index (κ2) is 7.62. The van der Waals surface area contributed by atoms with E-state index in [0.29, 0.717) is 23.6 Å². The lowest BCUT2D eigenvalue weighted by Gasteiger charge is -2.08. The van der Waals surface area contributed by atoms with E-state index in [9.17, 15) is 14.4 Å². The Kier molecular flexibility index (Phi) is 5.56. The van der Waals surface area contributed by atoms with Gasteiger partial charge in [0.15, 0.2) is 12.2 Å². The van der Waals surface area contributed by atoms with Gasteiger partial charge in [0.25, 0.3) is 5.91 Å². The number of hydrogen-bond donors (Lipinski definition) is 1. The molecule has 1 amide bonds. The second-order valence-electron chi connectivity index (χ2n) is 5.61. The lowest BCUT2D eigenvalue weighted by molar-refractivity contribution is -0.149. The van der Waals surface area contributed by atoms with E-state index in [1.54, 1.807) is 24.3 Å². The Hall–Kier alpha value is -2.57. The highest BCUT2D eigenvalue weighted by Gasteiger charge is 2.14. The summed E-state index contributed by atoms with van der Waals surface area (Å²) in [6, 6.07) is 6.78. The summed E-state index contributed by atoms with van der Waals surface area (Å²) in [7, 11) is 0. The standard InChI is InChI=1S/C16H20N2O5/c1-11(2)7-8-17-14(19)10-22-15(20)9-18-12-5-3-4-6-13(12)23-16(18)21/h3-6,11H,7-10H2,1-2H3,(H,17,19). The fourth-order valence-corrected chi connectivity index (χ4v) is 2.04. The van der Waals surface area contributed by atoms with Crippen LogP contribution in [0.4, 0.5) is 0 Å². The molecule has 2 rings (SSSR count). The van der Waals surface area contributed by atoms with Crippen LogP contribution in [0, 0.1) is 5.92 Å². The maximum Gasteiger partial charge on any atom is 0.420 e. The van der Waals surface area contributed by atoms with Crippen LogP contribution in [0.25, 0.3) is 11.1 Å². The smallest absolute Gasteiger partial charge is 0.420 e. The number of amides is 1. The molecule has 0 aliphatic heterocycles. The number of fused-ring (bicyclic) bond motifs is 1. The van der Waals surface area contributed by atoms with E-state index < -0.39 is 11.7 Å². The van der Waals surface area contributed by atoms with Gasteiger partial charge in [0.05, 0.1) is 5.52 Å². The van der Waals surface area contributed by atoms with Crippen molar-refractivity contribution in [2.75, 3.05) is 13.2 Å². The predicted octanol–water partition coefficient (Wildman–Crippen LogP) is 1.30. The van der Waals surface area contributed by atoms with Crippen molar-refractivity contribution < 1.29 is 18.7 Å². The lowest BCUT2D eigenvalue weighted by atomic mass is 10.1. The number of benzene rings is 1. The summed E-state index contributed by atoms with van der Waals surface area (Å²) in [6.45, 7) is 3.99. The summed E-state index contributed by atoms with van der Waals surface area (Å²) < 4.78 is 11.1. The molecule has 23 heavy (non-hydrogen) atoms. The predicted molar refractivity (Wildman–Crippen MR) is 83.9 cm³/mol. The molecular formula is C16H20N2O5. The van der Waals surface area contributed by atoms with Crippen LogP contribution in [0.5, 0.6) is 0 Å². The van der Waals surface area contributed by atoms with Crippen molar-refractivity contribution >= 4 is 23.0 Å². The second-order valence-corrected chi connectivity index (χ2v) is 5.61. The van der Waals surface area contributed by atoms with Crippen LogP contribution in [-0.2, 0) is 20.9 Å². The monoisotopic (exact) mass is 320 g/mol. The number of carbonyl (C=O) groups is 2. The number of rotatable bonds is 7. The molecule has 0 atom stereocenters. The molecule has 7 heteroatoms. The van der Waals surface area contributed by atoms with Crippen LogP contribution in [0.3, 0.4) is 0 Å². The summed E-state index contributed by atoms with van der Waals surface area (Å²) in [5.74, 6) is -1.18. The number of para-hydroxylation sites is 2. The van der Waals surface area contributed by atoms with Gasteiger partial charge in [-0.25, -0.2) is 4.79 Å². The zero-order chi connectivity index (χ0) is 16.8. The highest BCUT2D eigenvalue weighted by molar-refractivity contribution is 5.81. The number of aromatic nitrogens is 1. The van der Waals surface area contributed by atoms with Gasteiger partial charge >= 0.3 is 11.7 Å². The topological polar surface area (TPSA) is 90.5 Å². The van der Waals surface area contributed by atoms with Gasteiger partial charge in [-0.05, 0) is 24.5 Å². The van der Waals surface area contributed by atoms with Crippen LogP contribution in [0.15, 0.2) is 33.5 Å². The summed E-state index contributed by atoms with van der Waals surface area (Å²) >= 11 is 0. The summed E-state index contributed by atoms with van der Waals surface area (Å²) in [5, 5.41) is 2.67. The Balaban J connectivity index is 1.86. The fraction of sp³-hybridized carbons (Fsp3) is 0.438. The Morgan fingerprint density at radius 2 is 2.04 bits per heavy atom. The molecule has 0 radical (unpaired) electrons. The first-order chi connectivity index (χ1) is 11.0. The van der Waals surface area contributed by atoms with Gasteiger partial charge in [-0.1, -0.05) is 26.0 Å². The number of carbonyl (C=O) groups excluding carboxylic acids is 2. The molecule has 1 heterocycles. The Bertz CT molecular complexity index is 744. The maximum absolute atomic E-state index is 11.8. The van der Waals surface area contributed by atoms with E-state index in [1.165, 1.54) is 4.57 Å². The molecule has 2 aromatic rings. The van der Waals surface area contributed by atoms with E-state index in [0.717, 1.165) is 6.42 Å². The van der Waals surface area contributed by atoms with Gasteiger partial charge in [0.1, 0.15) is 6.54 Å². The van der Waals surface area contributed by atoms with Crippen LogP contribution in [-0.4, -0.2) is 29.6 Å². The molecule has 0 saturated carbocycles. The van der Waals surface area contributed by atoms with E-state index in [1.807, 2.05) is 0 Å². The average molecular weight is 320 g/mol. The highest BCUT2D eigenvalue weighted by atomic mass is 16.5. The molecule has 1 aromatic carbocycles. The minimum atomic E-state index is -0.669. The number of oxazole rings is 1. The van der Waals surface area contributed by atoms with E-state index in [2.05, 4.69) is 19.2 Å². The summed E-state index contributed by atoms with van der Waals surface area (Å²) in [4.78, 5) is 35.1. The van der Waals surface area contributed by atoms with Crippen molar-refractivity contribution in [3.8, 4) is 0 Å². The van der Waals surface area contributed by atoms with Crippen LogP contribution in [0.1, 0.15) is 20.3 Å². The number of ether oxygens (including phenoxy) is 1. The van der Waals surface area contributed by atoms with Crippen molar-refractivity contribution in [1.82, 2.24) is 9.88 Å². The van der Waals surface area contributed by atoms with Crippen LogP contribution >= 0.6 is 0 Å². The van der Waals surface area contributed by atoms with Gasteiger partial charge in [0, 0.05) is 6.54 Å². The molecule has 0 saturated heterocycles. The molecule has 0 fully saturated rings. The van der Waals surface area contributed by atoms with Gasteiger partial charge in [-0.3, -0.25) is 14.2 Å². The number of hydrogen-bond acceptors (Lipinski definition) is 5. The molecule has 124 valence electrons. The molecule has 0 unspecified atom stereocenters. The normalized spacial score (nSPS) is 10.9. The first-order valence-electron chi connectivity index (χ1n) is 7.48. The summed E-state index contributed by atoms with van der Waals surface area (Å²) in [5.41, 5.74) is 0.910. The van der Waals surface area contributed by atoms with Crippen molar-refractivity contribution in [3.05, 3.63) is 34.8 Å². The Labute approximate surface area is 133 Å². The van der Waals surface area contributed by atoms with Crippen molar-refractivity contribution in [2.45, 2.75) is 26.8 Å². The van der Waals surface area contributed by atoms with Crippen LogP contribution < -0.4 is 11.1 Å². The maximum atomic E-state index is 11.8. The third-order valence-electron chi connectivity index (χ3n) is 3.27. The number of nitrogens with one attached hydrogen (secondary N) is 1. The van der Waals surface area contributed by atoms with Gasteiger partial charge in [0.2, 0.25) is 0 Å². The molecule has 1 N–H and O–H groups in total. The van der Waals surface area contributed by atoms with Crippen molar-refractivity contribution in [2.24, 2.45) is 5.92 Å². The quantitative estimate of drug-likeness (QED) is 0.777. The zero-order valence-electron chi connectivity index (χ0n) is 13.2. The third-order valence-corrected chi connectivity index (χ3v) is 3.27.